The Bertz CT molecular complexity index is 893. The number of benzene rings is 1. The second kappa shape index (κ2) is 10.6. The number of imide groups is 1. The first kappa shape index (κ1) is 23.9. The molecule has 1 fully saturated rings. The van der Waals surface area contributed by atoms with Crippen LogP contribution in [0.5, 0.6) is 0 Å². The molecule has 8 nitrogen and oxygen atoms in total. The normalized spacial score (nSPS) is 15.1. The Morgan fingerprint density at radius 3 is 2.37 bits per heavy atom. The minimum Gasteiger partial charge on any atom is -0.452 e. The quantitative estimate of drug-likeness (QED) is 0.619. The van der Waals surface area contributed by atoms with E-state index < -0.39 is 39.2 Å². The highest BCUT2D eigenvalue weighted by molar-refractivity contribution is 7.89. The van der Waals surface area contributed by atoms with Gasteiger partial charge in [0.25, 0.3) is 5.91 Å². The van der Waals surface area contributed by atoms with E-state index >= 15 is 0 Å². The lowest BCUT2D eigenvalue weighted by Gasteiger charge is -2.20. The molecular weight excluding hydrogens is 415 g/mol. The number of esters is 1. The monoisotopic (exact) mass is 442 g/mol. The van der Waals surface area contributed by atoms with E-state index in [9.17, 15) is 27.2 Å². The zero-order valence-electron chi connectivity index (χ0n) is 17.1. The van der Waals surface area contributed by atoms with Crippen LogP contribution in [0, 0.1) is 11.7 Å². The number of hydrogen-bond donors (Lipinski definition) is 1. The maximum Gasteiger partial charge on any atom is 0.338 e. The van der Waals surface area contributed by atoms with Crippen LogP contribution in [-0.4, -0.2) is 50.2 Å². The number of sulfonamides is 1. The summed E-state index contributed by atoms with van der Waals surface area (Å²) in [7, 11) is -4.12. The average Bonchev–Trinajstić information content (AvgIpc) is 2.73. The van der Waals surface area contributed by atoms with Gasteiger partial charge in [-0.3, -0.25) is 14.9 Å². The van der Waals surface area contributed by atoms with E-state index in [0.717, 1.165) is 54.6 Å². The summed E-state index contributed by atoms with van der Waals surface area (Å²) in [5.74, 6) is -3.36. The molecule has 0 aromatic heterocycles. The van der Waals surface area contributed by atoms with E-state index in [-0.39, 0.29) is 30.5 Å². The van der Waals surface area contributed by atoms with Crippen molar-refractivity contribution in [3.8, 4) is 0 Å². The maximum atomic E-state index is 14.1. The largest absolute Gasteiger partial charge is 0.452 e. The lowest BCUT2D eigenvalue weighted by molar-refractivity contribution is -0.135. The van der Waals surface area contributed by atoms with Crippen molar-refractivity contribution >= 4 is 27.8 Å². The predicted octanol–water partition coefficient (Wildman–Crippen LogP) is 2.24. The maximum absolute atomic E-state index is 14.1. The van der Waals surface area contributed by atoms with Crippen molar-refractivity contribution in [1.82, 2.24) is 9.62 Å². The molecule has 0 unspecified atom stereocenters. The molecule has 1 aliphatic carbocycles. The van der Waals surface area contributed by atoms with Crippen molar-refractivity contribution in [2.24, 2.45) is 5.92 Å². The van der Waals surface area contributed by atoms with Crippen LogP contribution >= 0.6 is 0 Å². The van der Waals surface area contributed by atoms with E-state index in [2.05, 4.69) is 5.32 Å². The van der Waals surface area contributed by atoms with Crippen LogP contribution in [0.15, 0.2) is 23.1 Å². The zero-order valence-corrected chi connectivity index (χ0v) is 18.0. The molecule has 10 heteroatoms. The number of amides is 2. The van der Waals surface area contributed by atoms with E-state index in [1.165, 1.54) is 0 Å². The highest BCUT2D eigenvalue weighted by Gasteiger charge is 2.27. The standard InChI is InChI=1S/C20H27FN2O6S/c1-3-23(4-2)30(27,28)17-12-15(10-11-16(17)21)20(26)29-13-18(24)22-19(25)14-8-6-5-7-9-14/h10-12,14H,3-9,13H2,1-2H3,(H,22,24,25). The summed E-state index contributed by atoms with van der Waals surface area (Å²) in [5, 5.41) is 2.21. The third kappa shape index (κ3) is 5.85. The Morgan fingerprint density at radius 2 is 1.77 bits per heavy atom. The van der Waals surface area contributed by atoms with E-state index in [1.54, 1.807) is 13.8 Å². The summed E-state index contributed by atoms with van der Waals surface area (Å²) < 4.78 is 45.2. The number of hydrogen-bond acceptors (Lipinski definition) is 6. The number of carbonyl (C=O) groups excluding carboxylic acids is 3. The van der Waals surface area contributed by atoms with Gasteiger partial charge in [0, 0.05) is 19.0 Å². The summed E-state index contributed by atoms with van der Waals surface area (Å²) >= 11 is 0. The van der Waals surface area contributed by atoms with Gasteiger partial charge in [-0.25, -0.2) is 17.6 Å². The molecule has 0 aliphatic heterocycles. The smallest absolute Gasteiger partial charge is 0.338 e. The van der Waals surface area contributed by atoms with E-state index in [0.29, 0.717) is 0 Å². The molecule has 1 saturated carbocycles. The average molecular weight is 443 g/mol. The number of ether oxygens (including phenoxy) is 1. The van der Waals surface area contributed by atoms with Gasteiger partial charge in [0.15, 0.2) is 6.61 Å². The van der Waals surface area contributed by atoms with Gasteiger partial charge in [-0.1, -0.05) is 33.1 Å². The molecule has 0 radical (unpaired) electrons. The summed E-state index contributed by atoms with van der Waals surface area (Å²) in [6, 6.07) is 2.82. The second-order valence-electron chi connectivity index (χ2n) is 7.06. The highest BCUT2D eigenvalue weighted by Crippen LogP contribution is 2.24. The summed E-state index contributed by atoms with van der Waals surface area (Å²) in [5.41, 5.74) is -0.214. The zero-order chi connectivity index (χ0) is 22.3. The van der Waals surface area contributed by atoms with Gasteiger partial charge >= 0.3 is 5.97 Å². The Kier molecular flexibility index (Phi) is 8.48. The topological polar surface area (TPSA) is 110 Å². The Labute approximate surface area is 175 Å². The van der Waals surface area contributed by atoms with E-state index in [1.807, 2.05) is 0 Å². The first-order chi connectivity index (χ1) is 14.2. The molecule has 1 aromatic rings. The second-order valence-corrected chi connectivity index (χ2v) is 8.96. The highest BCUT2D eigenvalue weighted by atomic mass is 32.2. The van der Waals surface area contributed by atoms with Crippen LogP contribution < -0.4 is 5.32 Å². The SMILES string of the molecule is CCN(CC)S(=O)(=O)c1cc(C(=O)OCC(=O)NC(=O)C2CCCCC2)ccc1F. The van der Waals surface area contributed by atoms with Crippen LogP contribution in [-0.2, 0) is 24.3 Å². The van der Waals surface area contributed by atoms with Crippen LogP contribution in [0.3, 0.4) is 0 Å². The van der Waals surface area contributed by atoms with Crippen LogP contribution in [0.2, 0.25) is 0 Å². The number of halogens is 1. The number of nitrogens with one attached hydrogen (secondary N) is 1. The molecule has 0 bridgehead atoms. The van der Waals surface area contributed by atoms with Gasteiger partial charge < -0.3 is 4.74 Å². The fraction of sp³-hybridized carbons (Fsp3) is 0.550. The molecule has 0 saturated heterocycles. The van der Waals surface area contributed by atoms with Crippen LogP contribution in [0.4, 0.5) is 4.39 Å². The third-order valence-electron chi connectivity index (χ3n) is 5.06. The van der Waals surface area contributed by atoms with Crippen molar-refractivity contribution < 1.29 is 31.9 Å². The minimum absolute atomic E-state index is 0.141. The van der Waals surface area contributed by atoms with Crippen LogP contribution in [0.25, 0.3) is 0 Å². The summed E-state index contributed by atoms with van der Waals surface area (Å²) in [6.07, 6.45) is 4.38. The molecule has 1 N–H and O–H groups in total. The molecule has 166 valence electrons. The van der Waals surface area contributed by atoms with Gasteiger partial charge in [-0.15, -0.1) is 0 Å². The number of carbonyl (C=O) groups is 3. The molecule has 1 aromatic carbocycles. The molecular formula is C20H27FN2O6S. The number of nitrogens with zero attached hydrogens (tertiary/aromatic N) is 1. The van der Waals surface area contributed by atoms with Gasteiger partial charge in [0.1, 0.15) is 10.7 Å². The Hall–Kier alpha value is -2.33. The van der Waals surface area contributed by atoms with Crippen LogP contribution in [0.1, 0.15) is 56.3 Å². The van der Waals surface area contributed by atoms with Crippen molar-refractivity contribution in [1.29, 1.82) is 0 Å². The molecule has 30 heavy (non-hydrogen) atoms. The molecule has 0 spiro atoms. The predicted molar refractivity (Wildman–Crippen MR) is 107 cm³/mol. The van der Waals surface area contributed by atoms with Crippen molar-refractivity contribution in [2.75, 3.05) is 19.7 Å². The summed E-state index contributed by atoms with van der Waals surface area (Å²) in [6.45, 7) is 2.81. The molecule has 0 heterocycles. The molecule has 0 atom stereocenters. The van der Waals surface area contributed by atoms with Gasteiger partial charge in [0.05, 0.1) is 5.56 Å². The van der Waals surface area contributed by atoms with Crippen molar-refractivity contribution in [3.05, 3.63) is 29.6 Å². The minimum atomic E-state index is -4.12. The van der Waals surface area contributed by atoms with Gasteiger partial charge in [-0.05, 0) is 31.0 Å². The Balaban J connectivity index is 2.02. The van der Waals surface area contributed by atoms with E-state index in [4.69, 9.17) is 4.74 Å². The molecule has 2 rings (SSSR count). The fourth-order valence-electron chi connectivity index (χ4n) is 3.39. The first-order valence-electron chi connectivity index (χ1n) is 10.0. The van der Waals surface area contributed by atoms with Gasteiger partial charge in [0.2, 0.25) is 15.9 Å². The number of rotatable bonds is 8. The Morgan fingerprint density at radius 1 is 1.13 bits per heavy atom. The molecule has 1 aliphatic rings. The molecule has 2 amide bonds. The summed E-state index contributed by atoms with van der Waals surface area (Å²) in [4.78, 5) is 35.5. The van der Waals surface area contributed by atoms with Crippen molar-refractivity contribution in [3.63, 3.8) is 0 Å². The van der Waals surface area contributed by atoms with Crippen molar-refractivity contribution in [2.45, 2.75) is 50.8 Å². The fourth-order valence-corrected chi connectivity index (χ4v) is 4.93. The van der Waals surface area contributed by atoms with Gasteiger partial charge in [-0.2, -0.15) is 4.31 Å². The lowest BCUT2D eigenvalue weighted by atomic mass is 9.89. The lowest BCUT2D eigenvalue weighted by Crippen LogP contribution is -2.38. The third-order valence-corrected chi connectivity index (χ3v) is 7.13. The first-order valence-corrected chi connectivity index (χ1v) is 11.4.